The van der Waals surface area contributed by atoms with Gasteiger partial charge in [0, 0.05) is 6.04 Å². The van der Waals surface area contributed by atoms with Crippen LogP contribution >= 0.6 is 0 Å². The van der Waals surface area contributed by atoms with Gasteiger partial charge in [-0.05, 0) is 50.6 Å². The van der Waals surface area contributed by atoms with Crippen LogP contribution in [0.15, 0.2) is 0 Å². The quantitative estimate of drug-likeness (QED) is 0.580. The molecule has 2 unspecified atom stereocenters. The predicted molar refractivity (Wildman–Crippen MR) is 52.2 cm³/mol. The van der Waals surface area contributed by atoms with Crippen molar-refractivity contribution in [3.63, 3.8) is 0 Å². The normalized spacial score (nSPS) is 44.0. The van der Waals surface area contributed by atoms with E-state index in [9.17, 15) is 0 Å². The molecule has 0 aromatic carbocycles. The lowest BCUT2D eigenvalue weighted by molar-refractivity contribution is 0.0601. The van der Waals surface area contributed by atoms with E-state index in [2.05, 4.69) is 18.7 Å². The Morgan fingerprint density at radius 3 is 1.92 bits per heavy atom. The average molecular weight is 167 g/mol. The summed E-state index contributed by atoms with van der Waals surface area (Å²) in [7, 11) is 0. The lowest BCUT2D eigenvalue weighted by Gasteiger charge is -2.43. The molecular formula is C11H21N. The van der Waals surface area contributed by atoms with Crippen LogP contribution in [0.25, 0.3) is 0 Å². The first kappa shape index (κ1) is 8.55. The van der Waals surface area contributed by atoms with Gasteiger partial charge in [0.05, 0.1) is 0 Å². The number of nitrogens with zero attached hydrogens (tertiary/aromatic N) is 1. The zero-order valence-corrected chi connectivity index (χ0v) is 8.42. The average Bonchev–Trinajstić information content (AvgIpc) is 1.79. The SMILES string of the molecule is CC1CC(C)CC(N2CCC2)C1. The third-order valence-electron chi connectivity index (χ3n) is 3.56. The molecule has 1 heterocycles. The number of rotatable bonds is 1. The zero-order valence-electron chi connectivity index (χ0n) is 8.42. The fourth-order valence-electron chi connectivity index (χ4n) is 2.91. The lowest BCUT2D eigenvalue weighted by atomic mass is 9.79. The molecule has 1 saturated heterocycles. The molecule has 1 nitrogen and oxygen atoms in total. The summed E-state index contributed by atoms with van der Waals surface area (Å²) in [6.07, 6.45) is 5.83. The molecule has 0 spiro atoms. The molecule has 12 heavy (non-hydrogen) atoms. The van der Waals surface area contributed by atoms with Crippen molar-refractivity contribution >= 4 is 0 Å². The van der Waals surface area contributed by atoms with Crippen LogP contribution in [0.1, 0.15) is 39.5 Å². The van der Waals surface area contributed by atoms with Gasteiger partial charge >= 0.3 is 0 Å². The number of hydrogen-bond donors (Lipinski definition) is 0. The summed E-state index contributed by atoms with van der Waals surface area (Å²) in [6, 6.07) is 0.942. The van der Waals surface area contributed by atoms with Gasteiger partial charge < -0.3 is 4.90 Å². The maximum atomic E-state index is 2.69. The van der Waals surface area contributed by atoms with Crippen LogP contribution in [0, 0.1) is 11.8 Å². The molecule has 0 aromatic heterocycles. The molecule has 1 saturated carbocycles. The second kappa shape index (κ2) is 3.37. The van der Waals surface area contributed by atoms with Crippen molar-refractivity contribution in [1.82, 2.24) is 4.90 Å². The summed E-state index contributed by atoms with van der Waals surface area (Å²) in [5.41, 5.74) is 0. The smallest absolute Gasteiger partial charge is 0.0100 e. The van der Waals surface area contributed by atoms with Gasteiger partial charge in [0.2, 0.25) is 0 Å². The topological polar surface area (TPSA) is 3.24 Å². The summed E-state index contributed by atoms with van der Waals surface area (Å²) in [5.74, 6) is 1.94. The van der Waals surface area contributed by atoms with E-state index >= 15 is 0 Å². The van der Waals surface area contributed by atoms with E-state index in [1.807, 2.05) is 0 Å². The molecule has 0 N–H and O–H groups in total. The van der Waals surface area contributed by atoms with E-state index in [1.54, 1.807) is 0 Å². The second-order valence-electron chi connectivity index (χ2n) is 4.96. The Hall–Kier alpha value is -0.0400. The van der Waals surface area contributed by atoms with Gasteiger partial charge in [0.25, 0.3) is 0 Å². The Morgan fingerprint density at radius 2 is 1.50 bits per heavy atom. The minimum atomic E-state index is 0.942. The van der Waals surface area contributed by atoms with Crippen molar-refractivity contribution in [1.29, 1.82) is 0 Å². The molecule has 0 aromatic rings. The van der Waals surface area contributed by atoms with Crippen LogP contribution in [0.3, 0.4) is 0 Å². The molecule has 1 aliphatic carbocycles. The van der Waals surface area contributed by atoms with Gasteiger partial charge in [-0.3, -0.25) is 0 Å². The first-order valence-electron chi connectivity index (χ1n) is 5.49. The standard InChI is InChI=1S/C11H21N/c1-9-6-10(2)8-11(7-9)12-4-3-5-12/h9-11H,3-8H2,1-2H3. The third kappa shape index (κ3) is 1.66. The van der Waals surface area contributed by atoms with E-state index in [4.69, 9.17) is 0 Å². The van der Waals surface area contributed by atoms with Crippen molar-refractivity contribution in [2.24, 2.45) is 11.8 Å². The van der Waals surface area contributed by atoms with E-state index in [1.165, 1.54) is 38.8 Å². The molecule has 0 radical (unpaired) electrons. The summed E-state index contributed by atoms with van der Waals surface area (Å²) in [5, 5.41) is 0. The minimum absolute atomic E-state index is 0.942. The Bertz CT molecular complexity index is 141. The Morgan fingerprint density at radius 1 is 0.917 bits per heavy atom. The van der Waals surface area contributed by atoms with E-state index in [0.717, 1.165) is 17.9 Å². The van der Waals surface area contributed by atoms with Crippen molar-refractivity contribution in [3.05, 3.63) is 0 Å². The highest BCUT2D eigenvalue weighted by molar-refractivity contribution is 4.85. The summed E-state index contributed by atoms with van der Waals surface area (Å²) in [4.78, 5) is 2.69. The van der Waals surface area contributed by atoms with Crippen LogP contribution in [0.5, 0.6) is 0 Å². The van der Waals surface area contributed by atoms with Crippen molar-refractivity contribution in [2.75, 3.05) is 13.1 Å². The third-order valence-corrected chi connectivity index (χ3v) is 3.56. The molecule has 70 valence electrons. The Balaban J connectivity index is 1.87. The maximum Gasteiger partial charge on any atom is 0.0100 e. The fourth-order valence-corrected chi connectivity index (χ4v) is 2.91. The molecule has 2 fully saturated rings. The van der Waals surface area contributed by atoms with Gasteiger partial charge in [0.1, 0.15) is 0 Å². The molecule has 2 rings (SSSR count). The Kier molecular flexibility index (Phi) is 2.40. The predicted octanol–water partition coefficient (Wildman–Crippen LogP) is 2.52. The maximum absolute atomic E-state index is 2.69. The zero-order chi connectivity index (χ0) is 8.55. The van der Waals surface area contributed by atoms with Gasteiger partial charge in [-0.1, -0.05) is 13.8 Å². The van der Waals surface area contributed by atoms with E-state index in [0.29, 0.717) is 0 Å². The molecule has 0 amide bonds. The van der Waals surface area contributed by atoms with Crippen LogP contribution in [0.2, 0.25) is 0 Å². The van der Waals surface area contributed by atoms with Crippen LogP contribution in [-0.2, 0) is 0 Å². The van der Waals surface area contributed by atoms with E-state index < -0.39 is 0 Å². The van der Waals surface area contributed by atoms with Crippen molar-refractivity contribution in [3.8, 4) is 0 Å². The molecular weight excluding hydrogens is 146 g/mol. The summed E-state index contributed by atoms with van der Waals surface area (Å²) < 4.78 is 0. The Labute approximate surface area is 76.1 Å². The minimum Gasteiger partial charge on any atom is -0.300 e. The second-order valence-corrected chi connectivity index (χ2v) is 4.96. The fraction of sp³-hybridized carbons (Fsp3) is 1.00. The van der Waals surface area contributed by atoms with Crippen LogP contribution in [0.4, 0.5) is 0 Å². The monoisotopic (exact) mass is 167 g/mol. The lowest BCUT2D eigenvalue weighted by Crippen LogP contribution is -2.47. The molecule has 2 aliphatic rings. The summed E-state index contributed by atoms with van der Waals surface area (Å²) >= 11 is 0. The first-order chi connectivity index (χ1) is 5.75. The van der Waals surface area contributed by atoms with Gasteiger partial charge in [-0.2, -0.15) is 0 Å². The largest absolute Gasteiger partial charge is 0.300 e. The van der Waals surface area contributed by atoms with Gasteiger partial charge in [0.15, 0.2) is 0 Å². The highest BCUT2D eigenvalue weighted by Gasteiger charge is 2.30. The molecule has 1 aliphatic heterocycles. The first-order valence-corrected chi connectivity index (χ1v) is 5.49. The van der Waals surface area contributed by atoms with Crippen molar-refractivity contribution in [2.45, 2.75) is 45.6 Å². The van der Waals surface area contributed by atoms with Crippen LogP contribution in [-0.4, -0.2) is 24.0 Å². The molecule has 2 atom stereocenters. The van der Waals surface area contributed by atoms with Gasteiger partial charge in [-0.25, -0.2) is 0 Å². The molecule has 1 heteroatoms. The van der Waals surface area contributed by atoms with Crippen LogP contribution < -0.4 is 0 Å². The summed E-state index contributed by atoms with van der Waals surface area (Å²) in [6.45, 7) is 7.60. The number of hydrogen-bond acceptors (Lipinski definition) is 1. The van der Waals surface area contributed by atoms with Crippen molar-refractivity contribution < 1.29 is 0 Å². The molecule has 0 bridgehead atoms. The van der Waals surface area contributed by atoms with Gasteiger partial charge in [-0.15, -0.1) is 0 Å². The highest BCUT2D eigenvalue weighted by Crippen LogP contribution is 2.33. The van der Waals surface area contributed by atoms with E-state index in [-0.39, 0.29) is 0 Å². The highest BCUT2D eigenvalue weighted by atomic mass is 15.2. The number of likely N-dealkylation sites (tertiary alicyclic amines) is 1.